The van der Waals surface area contributed by atoms with Crippen LogP contribution in [-0.4, -0.2) is 39.9 Å². The molecule has 0 spiro atoms. The predicted molar refractivity (Wildman–Crippen MR) is 64.2 cm³/mol. The number of hydrogen-bond donors (Lipinski definition) is 2. The van der Waals surface area contributed by atoms with E-state index in [2.05, 4.69) is 9.46 Å². The second-order valence-corrected chi connectivity index (χ2v) is 5.42. The molecular formula is C11H13FN2O4S. The van der Waals surface area contributed by atoms with E-state index < -0.39 is 32.4 Å². The molecular weight excluding hydrogens is 275 g/mol. The van der Waals surface area contributed by atoms with Gasteiger partial charge in [0, 0.05) is 13.7 Å². The first-order chi connectivity index (χ1) is 8.92. The summed E-state index contributed by atoms with van der Waals surface area (Å²) >= 11 is 0. The molecule has 0 bridgehead atoms. The van der Waals surface area contributed by atoms with Crippen LogP contribution in [0.5, 0.6) is 0 Å². The number of nitrogens with zero attached hydrogens (tertiary/aromatic N) is 1. The Morgan fingerprint density at radius 1 is 1.58 bits per heavy atom. The van der Waals surface area contributed by atoms with E-state index >= 15 is 0 Å². The Hall–Kier alpha value is -1.53. The Kier molecular flexibility index (Phi) is 5.38. The smallest absolute Gasteiger partial charge is 0.242 e. The standard InChI is InChI=1S/C11H13FN2O4S/c1-18-7-8(15)6-14-19(16,17)11-4-2-3-10(12)9(11)5-13/h2-4,8,14-15H,6-7H2,1H3. The van der Waals surface area contributed by atoms with E-state index in [4.69, 9.17) is 5.26 Å². The fourth-order valence-electron chi connectivity index (χ4n) is 1.37. The van der Waals surface area contributed by atoms with Gasteiger partial charge in [0.25, 0.3) is 0 Å². The Bertz CT molecular complexity index is 583. The molecule has 0 radical (unpaired) electrons. The lowest BCUT2D eigenvalue weighted by atomic mass is 10.2. The fourth-order valence-corrected chi connectivity index (χ4v) is 2.61. The van der Waals surface area contributed by atoms with Crippen molar-refractivity contribution in [2.75, 3.05) is 20.3 Å². The molecule has 1 aromatic carbocycles. The summed E-state index contributed by atoms with van der Waals surface area (Å²) in [6.07, 6.45) is -1.03. The molecule has 0 aliphatic rings. The van der Waals surface area contributed by atoms with Crippen molar-refractivity contribution in [2.24, 2.45) is 0 Å². The molecule has 0 fully saturated rings. The number of nitrogens with one attached hydrogen (secondary N) is 1. The number of aliphatic hydroxyl groups is 1. The van der Waals surface area contributed by atoms with Gasteiger partial charge in [-0.15, -0.1) is 0 Å². The third-order valence-corrected chi connectivity index (χ3v) is 3.71. The average molecular weight is 288 g/mol. The van der Waals surface area contributed by atoms with Gasteiger partial charge in [0.1, 0.15) is 22.3 Å². The molecule has 2 N–H and O–H groups in total. The van der Waals surface area contributed by atoms with Gasteiger partial charge in [0.05, 0.1) is 12.7 Å². The van der Waals surface area contributed by atoms with Gasteiger partial charge in [0.2, 0.25) is 10.0 Å². The van der Waals surface area contributed by atoms with Crippen LogP contribution in [0.1, 0.15) is 5.56 Å². The number of sulfonamides is 1. The molecule has 0 aliphatic heterocycles. The molecule has 0 aromatic heterocycles. The summed E-state index contributed by atoms with van der Waals surface area (Å²) in [5, 5.41) is 18.1. The molecule has 0 heterocycles. The zero-order valence-corrected chi connectivity index (χ0v) is 10.9. The summed E-state index contributed by atoms with van der Waals surface area (Å²) < 4.78 is 43.8. The lowest BCUT2D eigenvalue weighted by molar-refractivity contribution is 0.0679. The number of methoxy groups -OCH3 is 1. The van der Waals surface area contributed by atoms with E-state index in [-0.39, 0.29) is 13.2 Å². The zero-order chi connectivity index (χ0) is 14.5. The summed E-state index contributed by atoms with van der Waals surface area (Å²) in [6.45, 7) is -0.339. The summed E-state index contributed by atoms with van der Waals surface area (Å²) in [4.78, 5) is -0.459. The SMILES string of the molecule is COCC(O)CNS(=O)(=O)c1cccc(F)c1C#N. The van der Waals surface area contributed by atoms with Crippen molar-refractivity contribution in [3.8, 4) is 6.07 Å². The van der Waals surface area contributed by atoms with Gasteiger partial charge in [-0.25, -0.2) is 17.5 Å². The highest BCUT2D eigenvalue weighted by Crippen LogP contribution is 2.17. The molecule has 1 rings (SSSR count). The highest BCUT2D eigenvalue weighted by Gasteiger charge is 2.21. The normalized spacial score (nSPS) is 12.9. The molecule has 0 saturated carbocycles. The number of halogens is 1. The van der Waals surface area contributed by atoms with Crippen LogP contribution in [0.4, 0.5) is 4.39 Å². The summed E-state index contributed by atoms with van der Waals surface area (Å²) in [5.41, 5.74) is -0.559. The number of rotatable bonds is 6. The first kappa shape index (κ1) is 15.5. The van der Waals surface area contributed by atoms with Crippen LogP contribution in [0, 0.1) is 17.1 Å². The minimum atomic E-state index is -4.07. The molecule has 1 unspecified atom stereocenters. The van der Waals surface area contributed by atoms with Crippen molar-refractivity contribution in [1.82, 2.24) is 4.72 Å². The molecule has 0 amide bonds. The number of benzene rings is 1. The maximum atomic E-state index is 13.3. The van der Waals surface area contributed by atoms with Gasteiger partial charge in [-0.05, 0) is 12.1 Å². The molecule has 104 valence electrons. The molecule has 8 heteroatoms. The number of nitriles is 1. The summed E-state index contributed by atoms with van der Waals surface area (Å²) in [6, 6.07) is 4.81. The maximum absolute atomic E-state index is 13.3. The second kappa shape index (κ2) is 6.58. The number of aliphatic hydroxyl groups excluding tert-OH is 1. The Labute approximate surface area is 110 Å². The lowest BCUT2D eigenvalue weighted by Gasteiger charge is -2.12. The first-order valence-electron chi connectivity index (χ1n) is 5.27. The monoisotopic (exact) mass is 288 g/mol. The van der Waals surface area contributed by atoms with Crippen molar-refractivity contribution in [1.29, 1.82) is 5.26 Å². The van der Waals surface area contributed by atoms with Crippen molar-refractivity contribution >= 4 is 10.0 Å². The Morgan fingerprint density at radius 3 is 2.84 bits per heavy atom. The van der Waals surface area contributed by atoms with E-state index in [1.165, 1.54) is 19.2 Å². The number of ether oxygens (including phenoxy) is 1. The van der Waals surface area contributed by atoms with Crippen molar-refractivity contribution in [3.05, 3.63) is 29.6 Å². The third kappa shape index (κ3) is 3.97. The lowest BCUT2D eigenvalue weighted by Crippen LogP contribution is -2.34. The van der Waals surface area contributed by atoms with Gasteiger partial charge in [-0.2, -0.15) is 5.26 Å². The third-order valence-electron chi connectivity index (χ3n) is 2.24. The second-order valence-electron chi connectivity index (χ2n) is 3.69. The zero-order valence-electron chi connectivity index (χ0n) is 10.1. The van der Waals surface area contributed by atoms with Gasteiger partial charge >= 0.3 is 0 Å². The van der Waals surface area contributed by atoms with Crippen LogP contribution < -0.4 is 4.72 Å². The topological polar surface area (TPSA) is 99.4 Å². The molecule has 6 nitrogen and oxygen atoms in total. The summed E-state index contributed by atoms with van der Waals surface area (Å²) in [5.74, 6) is -0.914. The molecule has 1 aromatic rings. The van der Waals surface area contributed by atoms with E-state index in [0.717, 1.165) is 12.1 Å². The average Bonchev–Trinajstić information content (AvgIpc) is 2.36. The van der Waals surface area contributed by atoms with Crippen molar-refractivity contribution in [3.63, 3.8) is 0 Å². The Balaban J connectivity index is 2.96. The molecule has 1 atom stereocenters. The van der Waals surface area contributed by atoms with Crippen molar-refractivity contribution < 1.29 is 22.7 Å². The highest BCUT2D eigenvalue weighted by atomic mass is 32.2. The minimum absolute atomic E-state index is 0.0449. The van der Waals surface area contributed by atoms with E-state index in [9.17, 15) is 17.9 Å². The molecule has 19 heavy (non-hydrogen) atoms. The largest absolute Gasteiger partial charge is 0.389 e. The molecule has 0 saturated heterocycles. The fraction of sp³-hybridized carbons (Fsp3) is 0.364. The van der Waals surface area contributed by atoms with E-state index in [1.54, 1.807) is 0 Å². The van der Waals surface area contributed by atoms with Crippen LogP contribution >= 0.6 is 0 Å². The summed E-state index contributed by atoms with van der Waals surface area (Å²) in [7, 11) is -2.71. The maximum Gasteiger partial charge on any atom is 0.242 e. The van der Waals surface area contributed by atoms with Crippen molar-refractivity contribution in [2.45, 2.75) is 11.0 Å². The molecule has 0 aliphatic carbocycles. The van der Waals surface area contributed by atoms with Gasteiger partial charge < -0.3 is 9.84 Å². The van der Waals surface area contributed by atoms with Crippen LogP contribution in [0.25, 0.3) is 0 Å². The minimum Gasteiger partial charge on any atom is -0.389 e. The first-order valence-corrected chi connectivity index (χ1v) is 6.76. The van der Waals surface area contributed by atoms with Crippen LogP contribution in [-0.2, 0) is 14.8 Å². The highest BCUT2D eigenvalue weighted by molar-refractivity contribution is 7.89. The quantitative estimate of drug-likeness (QED) is 0.766. The van der Waals surface area contributed by atoms with Gasteiger partial charge in [-0.1, -0.05) is 6.07 Å². The van der Waals surface area contributed by atoms with Gasteiger partial charge in [-0.3, -0.25) is 0 Å². The van der Waals surface area contributed by atoms with Gasteiger partial charge in [0.15, 0.2) is 0 Å². The predicted octanol–water partition coefficient (Wildman–Crippen LogP) is -0.0170. The van der Waals surface area contributed by atoms with Crippen LogP contribution in [0.2, 0.25) is 0 Å². The Morgan fingerprint density at radius 2 is 2.26 bits per heavy atom. The van der Waals surface area contributed by atoms with Crippen LogP contribution in [0.3, 0.4) is 0 Å². The van der Waals surface area contributed by atoms with E-state index in [1.807, 2.05) is 0 Å². The van der Waals surface area contributed by atoms with E-state index in [0.29, 0.717) is 0 Å². The van der Waals surface area contributed by atoms with Crippen LogP contribution in [0.15, 0.2) is 23.1 Å². The number of hydrogen-bond acceptors (Lipinski definition) is 5.